The van der Waals surface area contributed by atoms with Gasteiger partial charge in [0.25, 0.3) is 0 Å². The summed E-state index contributed by atoms with van der Waals surface area (Å²) in [4.78, 5) is 0. The topological polar surface area (TPSA) is 9.23 Å². The van der Waals surface area contributed by atoms with Crippen LogP contribution in [0.1, 0.15) is 5.56 Å². The molecule has 17 heavy (non-hydrogen) atoms. The smallest absolute Gasteiger partial charge is 0.128 e. The van der Waals surface area contributed by atoms with Crippen molar-refractivity contribution in [2.24, 2.45) is 0 Å². The summed E-state index contributed by atoms with van der Waals surface area (Å²) in [5.74, 6) is 2.06. The lowest BCUT2D eigenvalue weighted by atomic mass is 10.2. The summed E-state index contributed by atoms with van der Waals surface area (Å²) >= 11 is 12.7. The van der Waals surface area contributed by atoms with Gasteiger partial charge >= 0.3 is 0 Å². The molecule has 0 bridgehead atoms. The number of halogens is 3. The number of hydrogen-bond acceptors (Lipinski definition) is 1. The van der Waals surface area contributed by atoms with Crippen molar-refractivity contribution < 1.29 is 4.74 Å². The van der Waals surface area contributed by atoms with Crippen LogP contribution in [-0.2, 0) is 5.88 Å². The highest BCUT2D eigenvalue weighted by Crippen LogP contribution is 2.29. The summed E-state index contributed by atoms with van der Waals surface area (Å²) in [7, 11) is 0. The maximum atomic E-state index is 5.79. The van der Waals surface area contributed by atoms with Crippen LogP contribution in [-0.4, -0.2) is 0 Å². The number of rotatable bonds is 3. The van der Waals surface area contributed by atoms with Crippen LogP contribution < -0.4 is 4.74 Å². The average Bonchev–Trinajstić information content (AvgIpc) is 2.29. The van der Waals surface area contributed by atoms with Crippen molar-refractivity contribution in [2.45, 2.75) is 5.88 Å². The molecule has 0 aliphatic heterocycles. The van der Waals surface area contributed by atoms with Crippen LogP contribution in [0.4, 0.5) is 0 Å². The Kier molecular flexibility index (Phi) is 4.48. The SMILES string of the molecule is ClCc1ccc(Oc2cccc(Br)c2)cc1Br. The Labute approximate surface area is 122 Å². The Balaban J connectivity index is 2.22. The zero-order chi connectivity index (χ0) is 12.3. The molecule has 0 fully saturated rings. The lowest BCUT2D eigenvalue weighted by Gasteiger charge is -2.08. The fourth-order valence-corrected chi connectivity index (χ4v) is 2.64. The summed E-state index contributed by atoms with van der Waals surface area (Å²) in [6.45, 7) is 0. The summed E-state index contributed by atoms with van der Waals surface area (Å²) < 4.78 is 7.69. The van der Waals surface area contributed by atoms with E-state index in [2.05, 4.69) is 31.9 Å². The monoisotopic (exact) mass is 374 g/mol. The minimum absolute atomic E-state index is 0.484. The molecule has 0 aromatic heterocycles. The second-order valence-corrected chi connectivity index (χ2v) is 5.48. The maximum Gasteiger partial charge on any atom is 0.128 e. The molecule has 0 heterocycles. The summed E-state index contributed by atoms with van der Waals surface area (Å²) in [5.41, 5.74) is 1.05. The molecule has 0 saturated heterocycles. The van der Waals surface area contributed by atoms with E-state index in [1.165, 1.54) is 0 Å². The van der Waals surface area contributed by atoms with Gasteiger partial charge in [-0.15, -0.1) is 11.6 Å². The van der Waals surface area contributed by atoms with Crippen molar-refractivity contribution in [1.29, 1.82) is 0 Å². The molecule has 0 spiro atoms. The van der Waals surface area contributed by atoms with Gasteiger partial charge in [-0.05, 0) is 35.9 Å². The number of alkyl halides is 1. The van der Waals surface area contributed by atoms with Gasteiger partial charge in [0.1, 0.15) is 11.5 Å². The molecular weight excluding hydrogens is 367 g/mol. The Bertz CT molecular complexity index is 529. The zero-order valence-corrected chi connectivity index (χ0v) is 12.7. The molecule has 1 nitrogen and oxygen atoms in total. The highest BCUT2D eigenvalue weighted by molar-refractivity contribution is 9.10. The third-order valence-electron chi connectivity index (χ3n) is 2.20. The minimum Gasteiger partial charge on any atom is -0.457 e. The van der Waals surface area contributed by atoms with Gasteiger partial charge in [0.05, 0.1) is 0 Å². The van der Waals surface area contributed by atoms with Crippen LogP contribution in [0.5, 0.6) is 11.5 Å². The van der Waals surface area contributed by atoms with Crippen LogP contribution in [0.3, 0.4) is 0 Å². The van der Waals surface area contributed by atoms with Gasteiger partial charge in [-0.1, -0.05) is 44.0 Å². The Hall–Kier alpha value is -0.510. The highest BCUT2D eigenvalue weighted by Gasteiger charge is 2.02. The lowest BCUT2D eigenvalue weighted by molar-refractivity contribution is 0.482. The molecule has 0 unspecified atom stereocenters. The molecule has 0 radical (unpaired) electrons. The van der Waals surface area contributed by atoms with Crippen molar-refractivity contribution >= 4 is 43.5 Å². The Morgan fingerprint density at radius 2 is 1.76 bits per heavy atom. The average molecular weight is 376 g/mol. The first-order valence-electron chi connectivity index (χ1n) is 4.97. The van der Waals surface area contributed by atoms with Crippen LogP contribution in [0.15, 0.2) is 51.4 Å². The Morgan fingerprint density at radius 3 is 2.41 bits per heavy atom. The fourth-order valence-electron chi connectivity index (χ4n) is 1.37. The normalized spacial score (nSPS) is 10.3. The molecule has 0 N–H and O–H groups in total. The molecule has 2 aromatic carbocycles. The van der Waals surface area contributed by atoms with Gasteiger partial charge in [-0.3, -0.25) is 0 Å². The van der Waals surface area contributed by atoms with Crippen molar-refractivity contribution in [1.82, 2.24) is 0 Å². The number of benzene rings is 2. The van der Waals surface area contributed by atoms with Crippen molar-refractivity contribution in [2.75, 3.05) is 0 Å². The number of hydrogen-bond donors (Lipinski definition) is 0. The molecule has 0 amide bonds. The van der Waals surface area contributed by atoms with Crippen LogP contribution in [0.2, 0.25) is 0 Å². The third kappa shape index (κ3) is 3.47. The first kappa shape index (κ1) is 12.9. The molecule has 4 heteroatoms. The second-order valence-electron chi connectivity index (χ2n) is 3.45. The maximum absolute atomic E-state index is 5.79. The molecule has 0 saturated carbocycles. The van der Waals surface area contributed by atoms with E-state index in [0.29, 0.717) is 5.88 Å². The third-order valence-corrected chi connectivity index (χ3v) is 3.72. The van der Waals surface area contributed by atoms with Gasteiger partial charge in [-0.2, -0.15) is 0 Å². The molecular formula is C13H9Br2ClO. The first-order chi connectivity index (χ1) is 8.19. The first-order valence-corrected chi connectivity index (χ1v) is 7.09. The standard InChI is InChI=1S/C13H9Br2ClO/c14-10-2-1-3-11(6-10)17-12-5-4-9(8-16)13(15)7-12/h1-7H,8H2. The predicted molar refractivity (Wildman–Crippen MR) is 77.9 cm³/mol. The van der Waals surface area contributed by atoms with Gasteiger partial charge in [-0.25, -0.2) is 0 Å². The molecule has 88 valence electrons. The second kappa shape index (κ2) is 5.89. The van der Waals surface area contributed by atoms with E-state index in [9.17, 15) is 0 Å². The van der Waals surface area contributed by atoms with E-state index < -0.39 is 0 Å². The van der Waals surface area contributed by atoms with Crippen LogP contribution >= 0.6 is 43.5 Å². The minimum atomic E-state index is 0.484. The largest absolute Gasteiger partial charge is 0.457 e. The summed E-state index contributed by atoms with van der Waals surface area (Å²) in [6, 6.07) is 13.5. The van der Waals surface area contributed by atoms with Crippen LogP contribution in [0.25, 0.3) is 0 Å². The Morgan fingerprint density at radius 1 is 1.00 bits per heavy atom. The molecule has 0 aliphatic carbocycles. The van der Waals surface area contributed by atoms with E-state index in [1.807, 2.05) is 42.5 Å². The predicted octanol–water partition coefficient (Wildman–Crippen LogP) is 5.74. The van der Waals surface area contributed by atoms with Crippen molar-refractivity contribution in [3.8, 4) is 11.5 Å². The van der Waals surface area contributed by atoms with Crippen molar-refractivity contribution in [3.63, 3.8) is 0 Å². The molecule has 0 aliphatic rings. The lowest BCUT2D eigenvalue weighted by Crippen LogP contribution is -1.86. The zero-order valence-electron chi connectivity index (χ0n) is 8.79. The fraction of sp³-hybridized carbons (Fsp3) is 0.0769. The van der Waals surface area contributed by atoms with E-state index in [4.69, 9.17) is 16.3 Å². The van der Waals surface area contributed by atoms with E-state index >= 15 is 0 Å². The molecule has 0 atom stereocenters. The van der Waals surface area contributed by atoms with E-state index in [0.717, 1.165) is 26.0 Å². The molecule has 2 aromatic rings. The highest BCUT2D eigenvalue weighted by atomic mass is 79.9. The van der Waals surface area contributed by atoms with Crippen LogP contribution in [0, 0.1) is 0 Å². The quantitative estimate of drug-likeness (QED) is 0.621. The van der Waals surface area contributed by atoms with Gasteiger partial charge in [0.15, 0.2) is 0 Å². The summed E-state index contributed by atoms with van der Waals surface area (Å²) in [6.07, 6.45) is 0. The van der Waals surface area contributed by atoms with E-state index in [-0.39, 0.29) is 0 Å². The number of ether oxygens (including phenoxy) is 1. The van der Waals surface area contributed by atoms with E-state index in [1.54, 1.807) is 0 Å². The van der Waals surface area contributed by atoms with Gasteiger partial charge < -0.3 is 4.74 Å². The van der Waals surface area contributed by atoms with Gasteiger partial charge in [0.2, 0.25) is 0 Å². The van der Waals surface area contributed by atoms with Gasteiger partial charge in [0, 0.05) is 14.8 Å². The molecule has 2 rings (SSSR count). The summed E-state index contributed by atoms with van der Waals surface area (Å²) in [5, 5.41) is 0. The van der Waals surface area contributed by atoms with Crippen molar-refractivity contribution in [3.05, 3.63) is 57.0 Å².